The molecule has 1 aliphatic rings. The van der Waals surface area contributed by atoms with Crippen molar-refractivity contribution >= 4 is 35.0 Å². The highest BCUT2D eigenvalue weighted by Crippen LogP contribution is 2.42. The van der Waals surface area contributed by atoms with E-state index in [1.165, 1.54) is 0 Å². The normalized spacial score (nSPS) is 16.9. The summed E-state index contributed by atoms with van der Waals surface area (Å²) >= 11 is 1.61. The van der Waals surface area contributed by atoms with Gasteiger partial charge in [0.25, 0.3) is 0 Å². The predicted molar refractivity (Wildman–Crippen MR) is 128 cm³/mol. The van der Waals surface area contributed by atoms with E-state index in [0.717, 1.165) is 34.5 Å². The minimum absolute atomic E-state index is 0.0172. The molecule has 0 bridgehead atoms. The van der Waals surface area contributed by atoms with Gasteiger partial charge in [0.1, 0.15) is 5.37 Å². The van der Waals surface area contributed by atoms with Crippen molar-refractivity contribution in [2.45, 2.75) is 31.6 Å². The molecule has 4 rings (SSSR count). The van der Waals surface area contributed by atoms with Crippen molar-refractivity contribution in [1.29, 1.82) is 0 Å². The van der Waals surface area contributed by atoms with Gasteiger partial charge in [-0.2, -0.15) is 0 Å². The average molecular weight is 431 g/mol. The SMILES string of the molecule is CC[C@H](C(=O)Nc1cccc([C@@H]2SCC(=O)N2c2ccc(C)cc2)c1)c1ccccc1. The van der Waals surface area contributed by atoms with Crippen LogP contribution < -0.4 is 10.2 Å². The lowest BCUT2D eigenvalue weighted by atomic mass is 9.95. The molecule has 1 heterocycles. The summed E-state index contributed by atoms with van der Waals surface area (Å²) in [5.74, 6) is 0.331. The standard InChI is InChI=1S/C26H26N2O2S/c1-3-23(19-8-5-4-6-9-19)25(30)27-21-11-7-10-20(16-21)26-28(24(29)17-31-26)22-14-12-18(2)13-15-22/h4-16,23,26H,3,17H2,1-2H3,(H,27,30)/t23-,26-/m0/s1. The van der Waals surface area contributed by atoms with E-state index in [-0.39, 0.29) is 23.1 Å². The summed E-state index contributed by atoms with van der Waals surface area (Å²) in [4.78, 5) is 27.4. The average Bonchev–Trinajstić information content (AvgIpc) is 3.17. The summed E-state index contributed by atoms with van der Waals surface area (Å²) in [7, 11) is 0. The van der Waals surface area contributed by atoms with E-state index in [9.17, 15) is 9.59 Å². The predicted octanol–water partition coefficient (Wildman–Crippen LogP) is 5.91. The molecule has 2 amide bonds. The van der Waals surface area contributed by atoms with Crippen LogP contribution in [0.5, 0.6) is 0 Å². The van der Waals surface area contributed by atoms with Gasteiger partial charge >= 0.3 is 0 Å². The number of carbonyl (C=O) groups is 2. The number of amides is 2. The molecule has 0 aromatic heterocycles. The smallest absolute Gasteiger partial charge is 0.238 e. The fourth-order valence-corrected chi connectivity index (χ4v) is 5.08. The third kappa shape index (κ3) is 4.67. The number of benzene rings is 3. The van der Waals surface area contributed by atoms with Crippen molar-refractivity contribution in [3.8, 4) is 0 Å². The zero-order chi connectivity index (χ0) is 21.8. The lowest BCUT2D eigenvalue weighted by Crippen LogP contribution is -2.27. The molecule has 158 valence electrons. The summed E-state index contributed by atoms with van der Waals surface area (Å²) in [5, 5.41) is 2.97. The van der Waals surface area contributed by atoms with Crippen LogP contribution in [0, 0.1) is 6.92 Å². The van der Waals surface area contributed by atoms with Gasteiger partial charge in [-0.05, 0) is 48.7 Å². The molecular formula is C26H26N2O2S. The quantitative estimate of drug-likeness (QED) is 0.529. The van der Waals surface area contributed by atoms with Crippen LogP contribution in [0.1, 0.15) is 41.3 Å². The van der Waals surface area contributed by atoms with E-state index < -0.39 is 0 Å². The second-order valence-corrected chi connectivity index (χ2v) is 8.82. The van der Waals surface area contributed by atoms with Crippen LogP contribution in [-0.4, -0.2) is 17.6 Å². The zero-order valence-electron chi connectivity index (χ0n) is 17.7. The van der Waals surface area contributed by atoms with Crippen molar-refractivity contribution in [1.82, 2.24) is 0 Å². The summed E-state index contributed by atoms with van der Waals surface area (Å²) in [5.41, 5.74) is 4.83. The van der Waals surface area contributed by atoms with Crippen LogP contribution in [0.3, 0.4) is 0 Å². The van der Waals surface area contributed by atoms with E-state index in [0.29, 0.717) is 5.75 Å². The van der Waals surface area contributed by atoms with Gasteiger partial charge in [0.2, 0.25) is 11.8 Å². The van der Waals surface area contributed by atoms with E-state index in [1.807, 2.05) is 97.6 Å². The van der Waals surface area contributed by atoms with Crippen molar-refractivity contribution in [2.75, 3.05) is 16.0 Å². The van der Waals surface area contributed by atoms with Crippen LogP contribution in [0.4, 0.5) is 11.4 Å². The fraction of sp³-hybridized carbons (Fsp3) is 0.231. The van der Waals surface area contributed by atoms with Gasteiger partial charge in [-0.1, -0.05) is 67.1 Å². The molecule has 0 saturated carbocycles. The second kappa shape index (κ2) is 9.40. The number of hydrogen-bond acceptors (Lipinski definition) is 3. The lowest BCUT2D eigenvalue weighted by Gasteiger charge is -2.25. The minimum Gasteiger partial charge on any atom is -0.326 e. The van der Waals surface area contributed by atoms with Crippen molar-refractivity contribution in [2.24, 2.45) is 0 Å². The Bertz CT molecular complexity index is 1070. The lowest BCUT2D eigenvalue weighted by molar-refractivity contribution is -0.118. The van der Waals surface area contributed by atoms with Gasteiger partial charge in [-0.15, -0.1) is 11.8 Å². The fourth-order valence-electron chi connectivity index (χ4n) is 3.91. The van der Waals surface area contributed by atoms with E-state index in [2.05, 4.69) is 5.32 Å². The topological polar surface area (TPSA) is 49.4 Å². The third-order valence-electron chi connectivity index (χ3n) is 5.55. The molecule has 1 N–H and O–H groups in total. The largest absolute Gasteiger partial charge is 0.326 e. The Labute approximate surface area is 187 Å². The molecule has 0 spiro atoms. The maximum absolute atomic E-state index is 13.0. The number of rotatable bonds is 6. The second-order valence-electron chi connectivity index (χ2n) is 7.75. The summed E-state index contributed by atoms with van der Waals surface area (Å²) < 4.78 is 0. The minimum atomic E-state index is -0.198. The molecule has 5 heteroatoms. The van der Waals surface area contributed by atoms with Gasteiger partial charge in [0.05, 0.1) is 11.7 Å². The molecule has 31 heavy (non-hydrogen) atoms. The molecule has 3 aromatic rings. The molecule has 2 atom stereocenters. The maximum Gasteiger partial charge on any atom is 0.238 e. The van der Waals surface area contributed by atoms with Crippen LogP contribution >= 0.6 is 11.8 Å². The van der Waals surface area contributed by atoms with Crippen molar-refractivity contribution in [3.05, 3.63) is 95.6 Å². The zero-order valence-corrected chi connectivity index (χ0v) is 18.6. The first-order valence-electron chi connectivity index (χ1n) is 10.5. The van der Waals surface area contributed by atoms with Crippen molar-refractivity contribution < 1.29 is 9.59 Å². The van der Waals surface area contributed by atoms with Gasteiger partial charge in [0.15, 0.2) is 0 Å². The Balaban J connectivity index is 1.55. The highest BCUT2D eigenvalue weighted by molar-refractivity contribution is 8.00. The highest BCUT2D eigenvalue weighted by atomic mass is 32.2. The van der Waals surface area contributed by atoms with Crippen LogP contribution in [-0.2, 0) is 9.59 Å². The van der Waals surface area contributed by atoms with Crippen molar-refractivity contribution in [3.63, 3.8) is 0 Å². The highest BCUT2D eigenvalue weighted by Gasteiger charge is 2.34. The number of carbonyl (C=O) groups excluding carboxylic acids is 2. The van der Waals surface area contributed by atoms with Gasteiger partial charge in [0, 0.05) is 11.4 Å². The van der Waals surface area contributed by atoms with Crippen LogP contribution in [0.25, 0.3) is 0 Å². The van der Waals surface area contributed by atoms with E-state index in [1.54, 1.807) is 11.8 Å². The Kier molecular flexibility index (Phi) is 6.42. The molecule has 0 unspecified atom stereocenters. The number of thioether (sulfide) groups is 1. The Morgan fingerprint density at radius 2 is 1.81 bits per heavy atom. The number of nitrogens with one attached hydrogen (secondary N) is 1. The molecule has 1 saturated heterocycles. The maximum atomic E-state index is 13.0. The molecule has 3 aromatic carbocycles. The first-order chi connectivity index (χ1) is 15.1. The van der Waals surface area contributed by atoms with E-state index >= 15 is 0 Å². The molecule has 1 aliphatic heterocycles. The summed E-state index contributed by atoms with van der Waals surface area (Å²) in [6.45, 7) is 4.06. The molecule has 1 fully saturated rings. The molecular weight excluding hydrogens is 404 g/mol. The Morgan fingerprint density at radius 1 is 1.06 bits per heavy atom. The van der Waals surface area contributed by atoms with Crippen LogP contribution in [0.2, 0.25) is 0 Å². The van der Waals surface area contributed by atoms with Crippen LogP contribution in [0.15, 0.2) is 78.9 Å². The summed E-state index contributed by atoms with van der Waals surface area (Å²) in [6.07, 6.45) is 0.726. The molecule has 0 aliphatic carbocycles. The Hall–Kier alpha value is -3.05. The van der Waals surface area contributed by atoms with E-state index in [4.69, 9.17) is 0 Å². The first kappa shape index (κ1) is 21.2. The molecule has 4 nitrogen and oxygen atoms in total. The summed E-state index contributed by atoms with van der Waals surface area (Å²) in [6, 6.07) is 25.7. The number of nitrogens with zero attached hydrogens (tertiary/aromatic N) is 1. The Morgan fingerprint density at radius 3 is 2.52 bits per heavy atom. The number of hydrogen-bond donors (Lipinski definition) is 1. The van der Waals surface area contributed by atoms with Gasteiger partial charge < -0.3 is 5.32 Å². The monoisotopic (exact) mass is 430 g/mol. The number of aryl methyl sites for hydroxylation is 1. The first-order valence-corrected chi connectivity index (χ1v) is 11.6. The van der Waals surface area contributed by atoms with Gasteiger partial charge in [-0.25, -0.2) is 0 Å². The van der Waals surface area contributed by atoms with Gasteiger partial charge in [-0.3, -0.25) is 14.5 Å². The third-order valence-corrected chi connectivity index (χ3v) is 6.76. The molecule has 0 radical (unpaired) electrons. The number of anilines is 2.